The maximum absolute atomic E-state index is 13.2. The molecule has 0 saturated carbocycles. The molecule has 2 saturated heterocycles. The van der Waals surface area contributed by atoms with Crippen molar-refractivity contribution in [2.45, 2.75) is 42.0 Å². The quantitative estimate of drug-likeness (QED) is 0.787. The van der Waals surface area contributed by atoms with E-state index in [1.165, 1.54) is 16.9 Å². The summed E-state index contributed by atoms with van der Waals surface area (Å²) in [6.07, 6.45) is 5.86. The van der Waals surface area contributed by atoms with Crippen LogP contribution in [0.1, 0.15) is 36.8 Å². The summed E-state index contributed by atoms with van der Waals surface area (Å²) in [5, 5.41) is 11.9. The van der Waals surface area contributed by atoms with Crippen LogP contribution in [0, 0.1) is 0 Å². The smallest absolute Gasteiger partial charge is 0.252 e. The SMILES string of the molecule is C/C=C/c1ccc([C@@H]2[C@H](CO)N3CCCCN(S(=O)(=O)c4cccs4)C[C@@H]23)cc1. The Morgan fingerprint density at radius 1 is 1.17 bits per heavy atom. The summed E-state index contributed by atoms with van der Waals surface area (Å²) >= 11 is 1.27. The molecule has 2 aromatic rings. The topological polar surface area (TPSA) is 60.9 Å². The van der Waals surface area contributed by atoms with Crippen LogP contribution in [0.2, 0.25) is 0 Å². The minimum atomic E-state index is -3.47. The first-order valence-electron chi connectivity index (χ1n) is 10.2. The normalized spacial score (nSPS) is 26.6. The lowest BCUT2D eigenvalue weighted by Gasteiger charge is -2.57. The molecule has 1 aromatic heterocycles. The number of aliphatic hydroxyl groups is 1. The van der Waals surface area contributed by atoms with Gasteiger partial charge >= 0.3 is 0 Å². The van der Waals surface area contributed by atoms with Crippen LogP contribution in [0.5, 0.6) is 0 Å². The zero-order valence-corrected chi connectivity index (χ0v) is 18.3. The predicted molar refractivity (Wildman–Crippen MR) is 118 cm³/mol. The lowest BCUT2D eigenvalue weighted by atomic mass is 9.74. The van der Waals surface area contributed by atoms with Crippen LogP contribution in [0.3, 0.4) is 0 Å². The Hall–Kier alpha value is -1.51. The Kier molecular flexibility index (Phi) is 6.22. The second-order valence-corrected chi connectivity index (χ2v) is 10.9. The van der Waals surface area contributed by atoms with E-state index in [2.05, 4.69) is 35.2 Å². The zero-order valence-electron chi connectivity index (χ0n) is 16.6. The average Bonchev–Trinajstić information content (AvgIpc) is 3.24. The molecule has 2 aliphatic rings. The molecule has 0 spiro atoms. The maximum atomic E-state index is 13.2. The van der Waals surface area contributed by atoms with Gasteiger partial charge < -0.3 is 5.11 Å². The van der Waals surface area contributed by atoms with Crippen LogP contribution in [0.15, 0.2) is 52.1 Å². The summed E-state index contributed by atoms with van der Waals surface area (Å²) < 4.78 is 28.4. The fraction of sp³-hybridized carbons (Fsp3) is 0.455. The summed E-state index contributed by atoms with van der Waals surface area (Å²) in [6, 6.07) is 12.0. The number of aliphatic hydroxyl groups excluding tert-OH is 1. The first kappa shape index (κ1) is 20.8. The summed E-state index contributed by atoms with van der Waals surface area (Å²) in [5.74, 6) is 0.138. The van der Waals surface area contributed by atoms with Crippen LogP contribution in [0.4, 0.5) is 0 Å². The van der Waals surface area contributed by atoms with Crippen molar-refractivity contribution in [2.75, 3.05) is 26.2 Å². The van der Waals surface area contributed by atoms with Crippen molar-refractivity contribution in [3.63, 3.8) is 0 Å². The molecule has 7 heteroatoms. The molecule has 0 radical (unpaired) electrons. The van der Waals surface area contributed by atoms with Gasteiger partial charge in [0.15, 0.2) is 0 Å². The van der Waals surface area contributed by atoms with E-state index in [-0.39, 0.29) is 24.6 Å². The van der Waals surface area contributed by atoms with Gasteiger partial charge in [0.05, 0.1) is 6.61 Å². The van der Waals surface area contributed by atoms with E-state index < -0.39 is 10.0 Å². The van der Waals surface area contributed by atoms with Crippen molar-refractivity contribution >= 4 is 27.4 Å². The molecule has 0 bridgehead atoms. The van der Waals surface area contributed by atoms with E-state index in [4.69, 9.17) is 0 Å². The third kappa shape index (κ3) is 3.94. The molecule has 0 unspecified atom stereocenters. The zero-order chi connectivity index (χ0) is 20.4. The highest BCUT2D eigenvalue weighted by Gasteiger charge is 2.50. The second kappa shape index (κ2) is 8.70. The van der Waals surface area contributed by atoms with Crippen LogP contribution < -0.4 is 0 Å². The van der Waals surface area contributed by atoms with Gasteiger partial charge in [-0.25, -0.2) is 8.42 Å². The van der Waals surface area contributed by atoms with Gasteiger partial charge in [-0.3, -0.25) is 4.90 Å². The van der Waals surface area contributed by atoms with Crippen molar-refractivity contribution in [1.29, 1.82) is 0 Å². The number of benzene rings is 1. The summed E-state index contributed by atoms with van der Waals surface area (Å²) in [5.41, 5.74) is 2.32. The summed E-state index contributed by atoms with van der Waals surface area (Å²) in [4.78, 5) is 2.31. The van der Waals surface area contributed by atoms with Crippen LogP contribution in [-0.4, -0.2) is 61.1 Å². The van der Waals surface area contributed by atoms with Crippen LogP contribution in [-0.2, 0) is 10.0 Å². The number of nitrogens with zero attached hydrogens (tertiary/aromatic N) is 2. The molecule has 4 rings (SSSR count). The van der Waals surface area contributed by atoms with Crippen molar-refractivity contribution in [1.82, 2.24) is 9.21 Å². The van der Waals surface area contributed by atoms with Gasteiger partial charge in [-0.1, -0.05) is 42.5 Å². The van der Waals surface area contributed by atoms with Crippen molar-refractivity contribution in [3.05, 3.63) is 59.0 Å². The highest BCUT2D eigenvalue weighted by Crippen LogP contribution is 2.42. The standard InChI is InChI=1S/C22H28N2O3S2/c1-2-6-17-8-10-18(11-9-17)22-19-15-23(29(26,27)21-7-5-14-28-21)12-3-4-13-24(19)20(22)16-25/h2,5-11,14,19-20,22,25H,3-4,12-13,15-16H2,1H3/b6-2+/t19-,20-,22-/m0/s1. The molecule has 1 N–H and O–H groups in total. The molecule has 5 nitrogen and oxygen atoms in total. The molecular formula is C22H28N2O3S2. The molecule has 156 valence electrons. The Morgan fingerprint density at radius 3 is 2.59 bits per heavy atom. The third-order valence-electron chi connectivity index (χ3n) is 6.10. The Bertz CT molecular complexity index is 939. The van der Waals surface area contributed by atoms with Gasteiger partial charge in [-0.2, -0.15) is 4.31 Å². The molecule has 0 amide bonds. The summed E-state index contributed by atoms with van der Waals surface area (Å²) in [7, 11) is -3.47. The second-order valence-electron chi connectivity index (χ2n) is 7.75. The van der Waals surface area contributed by atoms with E-state index >= 15 is 0 Å². The van der Waals surface area contributed by atoms with E-state index in [0.29, 0.717) is 17.3 Å². The Balaban J connectivity index is 1.62. The third-order valence-corrected chi connectivity index (χ3v) is 9.34. The molecule has 3 atom stereocenters. The minimum Gasteiger partial charge on any atom is -0.395 e. The Labute approximate surface area is 177 Å². The molecule has 2 aliphatic heterocycles. The van der Waals surface area contributed by atoms with Gasteiger partial charge in [0.25, 0.3) is 10.0 Å². The van der Waals surface area contributed by atoms with Gasteiger partial charge in [-0.05, 0) is 48.9 Å². The molecule has 2 fully saturated rings. The van der Waals surface area contributed by atoms with Crippen LogP contribution in [0.25, 0.3) is 6.08 Å². The van der Waals surface area contributed by atoms with E-state index in [1.807, 2.05) is 18.4 Å². The number of rotatable bonds is 5. The van der Waals surface area contributed by atoms with Gasteiger partial charge in [0.1, 0.15) is 4.21 Å². The number of hydrogen-bond acceptors (Lipinski definition) is 5. The number of hydrogen-bond donors (Lipinski definition) is 1. The van der Waals surface area contributed by atoms with E-state index in [1.54, 1.807) is 16.4 Å². The molecule has 1 aromatic carbocycles. The molecular weight excluding hydrogens is 404 g/mol. The fourth-order valence-corrected chi connectivity index (χ4v) is 7.33. The fourth-order valence-electron chi connectivity index (χ4n) is 4.69. The predicted octanol–water partition coefficient (Wildman–Crippen LogP) is 3.39. The molecule has 0 aliphatic carbocycles. The lowest BCUT2D eigenvalue weighted by molar-refractivity contribution is -0.0553. The number of allylic oxidation sites excluding steroid dienone is 1. The number of fused-ring (bicyclic) bond motifs is 1. The van der Waals surface area contributed by atoms with E-state index in [0.717, 1.165) is 24.9 Å². The number of thiophene rings is 1. The minimum absolute atomic E-state index is 0.0527. The summed E-state index contributed by atoms with van der Waals surface area (Å²) in [6.45, 7) is 4.03. The van der Waals surface area contributed by atoms with Gasteiger partial charge in [0, 0.05) is 31.1 Å². The Morgan fingerprint density at radius 2 is 1.93 bits per heavy atom. The van der Waals surface area contributed by atoms with E-state index in [9.17, 15) is 13.5 Å². The van der Waals surface area contributed by atoms with Crippen LogP contribution >= 0.6 is 11.3 Å². The first-order chi connectivity index (χ1) is 14.1. The van der Waals surface area contributed by atoms with Crippen molar-refractivity contribution in [3.8, 4) is 0 Å². The van der Waals surface area contributed by atoms with Gasteiger partial charge in [-0.15, -0.1) is 11.3 Å². The lowest BCUT2D eigenvalue weighted by Crippen LogP contribution is -2.67. The number of sulfonamides is 1. The van der Waals surface area contributed by atoms with Crippen molar-refractivity contribution < 1.29 is 13.5 Å². The van der Waals surface area contributed by atoms with Crippen molar-refractivity contribution in [2.24, 2.45) is 0 Å². The highest BCUT2D eigenvalue weighted by atomic mass is 32.2. The monoisotopic (exact) mass is 432 g/mol. The molecule has 3 heterocycles. The van der Waals surface area contributed by atoms with Gasteiger partial charge in [0.2, 0.25) is 0 Å². The molecule has 29 heavy (non-hydrogen) atoms. The highest BCUT2D eigenvalue weighted by molar-refractivity contribution is 7.91. The largest absolute Gasteiger partial charge is 0.395 e. The average molecular weight is 433 g/mol. The maximum Gasteiger partial charge on any atom is 0.252 e. The first-order valence-corrected chi connectivity index (χ1v) is 12.5.